The zero-order valence-electron chi connectivity index (χ0n) is 14.5. The lowest BCUT2D eigenvalue weighted by molar-refractivity contribution is 0.0730. The predicted octanol–water partition coefficient (Wildman–Crippen LogP) is 2.82. The summed E-state index contributed by atoms with van der Waals surface area (Å²) >= 11 is 6.15. The number of nitrogens with one attached hydrogen (secondary N) is 2. The van der Waals surface area contributed by atoms with Gasteiger partial charge in [-0.25, -0.2) is 13.2 Å². The Bertz CT molecular complexity index is 744. The molecule has 1 saturated heterocycles. The number of halogens is 1. The summed E-state index contributed by atoms with van der Waals surface area (Å²) in [4.78, 5) is 12.3. The number of carbonyl (C=O) groups is 1. The Balaban J connectivity index is 1.71. The highest BCUT2D eigenvalue weighted by Crippen LogP contribution is 2.27. The van der Waals surface area contributed by atoms with Gasteiger partial charge in [-0.05, 0) is 31.0 Å². The molecule has 3 rings (SSSR count). The van der Waals surface area contributed by atoms with Gasteiger partial charge in [0, 0.05) is 19.1 Å². The summed E-state index contributed by atoms with van der Waals surface area (Å²) in [6.07, 6.45) is 5.35. The number of sulfonamides is 1. The van der Waals surface area contributed by atoms with Crippen LogP contribution in [0.5, 0.6) is 0 Å². The van der Waals surface area contributed by atoms with E-state index in [2.05, 4.69) is 10.6 Å². The number of hydrogen-bond donors (Lipinski definition) is 2. The van der Waals surface area contributed by atoms with Gasteiger partial charge >= 0.3 is 6.03 Å². The molecule has 0 atom stereocenters. The Morgan fingerprint density at radius 3 is 2.54 bits per heavy atom. The molecule has 1 aromatic rings. The number of morpholine rings is 1. The monoisotopic (exact) mass is 401 g/mol. The molecule has 0 radical (unpaired) electrons. The molecule has 1 aliphatic carbocycles. The van der Waals surface area contributed by atoms with E-state index in [-0.39, 0.29) is 22.7 Å². The fourth-order valence-electron chi connectivity index (χ4n) is 3.29. The van der Waals surface area contributed by atoms with E-state index in [0.717, 1.165) is 25.7 Å². The van der Waals surface area contributed by atoms with E-state index in [0.29, 0.717) is 31.3 Å². The standard InChI is InChI=1S/C17H24ClN3O4S/c18-15-7-6-14(26(23,24)21-8-10-25-11-9-21)12-16(15)20-17(22)19-13-4-2-1-3-5-13/h6-7,12-13H,1-5,8-11H2,(H2,19,20,22). The Labute approximate surface area is 159 Å². The number of hydrogen-bond acceptors (Lipinski definition) is 4. The first-order valence-electron chi connectivity index (χ1n) is 8.92. The highest BCUT2D eigenvalue weighted by Gasteiger charge is 2.27. The van der Waals surface area contributed by atoms with Crippen molar-refractivity contribution in [1.82, 2.24) is 9.62 Å². The van der Waals surface area contributed by atoms with Crippen LogP contribution in [0.15, 0.2) is 23.1 Å². The highest BCUT2D eigenvalue weighted by molar-refractivity contribution is 7.89. The van der Waals surface area contributed by atoms with Crippen molar-refractivity contribution in [2.24, 2.45) is 0 Å². The second-order valence-corrected chi connectivity index (χ2v) is 8.94. The summed E-state index contributed by atoms with van der Waals surface area (Å²) in [5.41, 5.74) is 0.286. The Morgan fingerprint density at radius 2 is 1.85 bits per heavy atom. The first kappa shape index (κ1) is 19.4. The molecule has 0 spiro atoms. The van der Waals surface area contributed by atoms with Crippen LogP contribution in [0.2, 0.25) is 5.02 Å². The number of benzene rings is 1. The lowest BCUT2D eigenvalue weighted by Gasteiger charge is -2.26. The largest absolute Gasteiger partial charge is 0.379 e. The van der Waals surface area contributed by atoms with Crippen LogP contribution in [-0.2, 0) is 14.8 Å². The van der Waals surface area contributed by atoms with Gasteiger partial charge in [-0.3, -0.25) is 0 Å². The van der Waals surface area contributed by atoms with E-state index in [9.17, 15) is 13.2 Å². The molecule has 9 heteroatoms. The van der Waals surface area contributed by atoms with Crippen LogP contribution in [0.3, 0.4) is 0 Å². The van der Waals surface area contributed by atoms with E-state index >= 15 is 0 Å². The van der Waals surface area contributed by atoms with Crippen molar-refractivity contribution in [3.05, 3.63) is 23.2 Å². The number of nitrogens with zero attached hydrogens (tertiary/aromatic N) is 1. The van der Waals surface area contributed by atoms with Gasteiger partial charge in [-0.1, -0.05) is 30.9 Å². The zero-order valence-corrected chi connectivity index (χ0v) is 16.1. The molecule has 1 aliphatic heterocycles. The van der Waals surface area contributed by atoms with E-state index < -0.39 is 10.0 Å². The molecule has 144 valence electrons. The lowest BCUT2D eigenvalue weighted by atomic mass is 9.96. The van der Waals surface area contributed by atoms with E-state index in [4.69, 9.17) is 16.3 Å². The molecule has 1 aromatic carbocycles. The third kappa shape index (κ3) is 4.68. The summed E-state index contributed by atoms with van der Waals surface area (Å²) in [5.74, 6) is 0. The minimum Gasteiger partial charge on any atom is -0.379 e. The number of rotatable bonds is 4. The van der Waals surface area contributed by atoms with Crippen LogP contribution in [0.1, 0.15) is 32.1 Å². The van der Waals surface area contributed by atoms with Crippen molar-refractivity contribution in [3.8, 4) is 0 Å². The van der Waals surface area contributed by atoms with Gasteiger partial charge in [-0.15, -0.1) is 0 Å². The second kappa shape index (κ2) is 8.56. The zero-order chi connectivity index (χ0) is 18.6. The molecule has 2 amide bonds. The Kier molecular flexibility index (Phi) is 6.39. The Morgan fingerprint density at radius 1 is 1.15 bits per heavy atom. The quantitative estimate of drug-likeness (QED) is 0.812. The molecule has 2 fully saturated rings. The van der Waals surface area contributed by atoms with Crippen molar-refractivity contribution in [3.63, 3.8) is 0 Å². The molecule has 1 saturated carbocycles. The predicted molar refractivity (Wildman–Crippen MR) is 100 cm³/mol. The fraction of sp³-hybridized carbons (Fsp3) is 0.588. The van der Waals surface area contributed by atoms with Gasteiger partial charge in [-0.2, -0.15) is 4.31 Å². The van der Waals surface area contributed by atoms with Crippen LogP contribution in [0.25, 0.3) is 0 Å². The summed E-state index contributed by atoms with van der Waals surface area (Å²) in [5, 5.41) is 5.91. The number of ether oxygens (including phenoxy) is 1. The average Bonchev–Trinajstić information content (AvgIpc) is 2.65. The molecular weight excluding hydrogens is 378 g/mol. The van der Waals surface area contributed by atoms with Gasteiger partial charge in [0.1, 0.15) is 0 Å². The molecule has 26 heavy (non-hydrogen) atoms. The highest BCUT2D eigenvalue weighted by atomic mass is 35.5. The van der Waals surface area contributed by atoms with Crippen LogP contribution >= 0.6 is 11.6 Å². The summed E-state index contributed by atoms with van der Waals surface area (Å²) in [6, 6.07) is 4.15. The SMILES string of the molecule is O=C(Nc1cc(S(=O)(=O)N2CCOCC2)ccc1Cl)NC1CCCCC1. The molecule has 0 unspecified atom stereocenters. The van der Waals surface area contributed by atoms with Crippen LogP contribution in [0, 0.1) is 0 Å². The maximum atomic E-state index is 12.8. The van der Waals surface area contributed by atoms with Crippen molar-refractivity contribution >= 4 is 33.3 Å². The van der Waals surface area contributed by atoms with Crippen LogP contribution in [-0.4, -0.2) is 51.1 Å². The fourth-order valence-corrected chi connectivity index (χ4v) is 4.89. The van der Waals surface area contributed by atoms with Gasteiger partial charge < -0.3 is 15.4 Å². The molecule has 0 bridgehead atoms. The van der Waals surface area contributed by atoms with Crippen molar-refractivity contribution in [1.29, 1.82) is 0 Å². The van der Waals surface area contributed by atoms with Gasteiger partial charge in [0.05, 0.1) is 28.8 Å². The Hall–Kier alpha value is -1.35. The normalized spacial score (nSPS) is 19.9. The number of anilines is 1. The van der Waals surface area contributed by atoms with Crippen LogP contribution in [0.4, 0.5) is 10.5 Å². The molecule has 1 heterocycles. The smallest absolute Gasteiger partial charge is 0.319 e. The van der Waals surface area contributed by atoms with E-state index in [1.807, 2.05) is 0 Å². The maximum absolute atomic E-state index is 12.8. The minimum absolute atomic E-state index is 0.108. The number of amides is 2. The van der Waals surface area contributed by atoms with Crippen LogP contribution < -0.4 is 10.6 Å². The first-order chi connectivity index (χ1) is 12.5. The summed E-state index contributed by atoms with van der Waals surface area (Å²) in [7, 11) is -3.64. The van der Waals surface area contributed by atoms with Gasteiger partial charge in [0.15, 0.2) is 0 Å². The molecule has 7 nitrogen and oxygen atoms in total. The number of carbonyl (C=O) groups excluding carboxylic acids is 1. The third-order valence-electron chi connectivity index (χ3n) is 4.73. The summed E-state index contributed by atoms with van der Waals surface area (Å²) in [6.45, 7) is 1.38. The van der Waals surface area contributed by atoms with Crippen molar-refractivity contribution in [2.75, 3.05) is 31.6 Å². The van der Waals surface area contributed by atoms with Crippen molar-refractivity contribution < 1.29 is 17.9 Å². The van der Waals surface area contributed by atoms with E-state index in [1.54, 1.807) is 0 Å². The second-order valence-electron chi connectivity index (χ2n) is 6.59. The van der Waals surface area contributed by atoms with Gasteiger partial charge in [0.2, 0.25) is 10.0 Å². The number of urea groups is 1. The molecule has 2 N–H and O–H groups in total. The molecular formula is C17H24ClN3O4S. The molecule has 0 aromatic heterocycles. The topological polar surface area (TPSA) is 87.7 Å². The third-order valence-corrected chi connectivity index (χ3v) is 6.96. The first-order valence-corrected chi connectivity index (χ1v) is 10.7. The van der Waals surface area contributed by atoms with E-state index in [1.165, 1.54) is 28.9 Å². The lowest BCUT2D eigenvalue weighted by Crippen LogP contribution is -2.40. The van der Waals surface area contributed by atoms with Crippen molar-refractivity contribution in [2.45, 2.75) is 43.0 Å². The van der Waals surface area contributed by atoms with Gasteiger partial charge in [0.25, 0.3) is 0 Å². The minimum atomic E-state index is -3.64. The summed E-state index contributed by atoms with van der Waals surface area (Å²) < 4.78 is 32.1. The average molecular weight is 402 g/mol. The molecule has 2 aliphatic rings. The maximum Gasteiger partial charge on any atom is 0.319 e.